The van der Waals surface area contributed by atoms with E-state index < -0.39 is 0 Å². The minimum Gasteiger partial charge on any atom is -0.350 e. The van der Waals surface area contributed by atoms with Gasteiger partial charge in [-0.15, -0.1) is 0 Å². The first-order valence-electron chi connectivity index (χ1n) is 6.25. The third-order valence-corrected chi connectivity index (χ3v) is 3.39. The van der Waals surface area contributed by atoms with Crippen LogP contribution >= 0.6 is 0 Å². The molecule has 2 rings (SSSR count). The number of rotatable bonds is 5. The van der Waals surface area contributed by atoms with Gasteiger partial charge in [-0.2, -0.15) is 0 Å². The number of aryl methyl sites for hydroxylation is 1. The van der Waals surface area contributed by atoms with Crippen LogP contribution < -0.4 is 0 Å². The molecule has 0 fully saturated rings. The standard InChI is InChI=1S/C15H19NO/c1-3-6-12(9-10-17)14-11-16(2)15-8-5-4-7-13(14)15/h4-5,7-8,10-12H,3,6,9H2,1-2H3/t12-/m1/s1. The minimum absolute atomic E-state index is 0.364. The molecule has 2 aromatic rings. The molecule has 1 heterocycles. The topological polar surface area (TPSA) is 22.0 Å². The summed E-state index contributed by atoms with van der Waals surface area (Å²) in [6.07, 6.45) is 6.03. The number of carbonyl (C=O) groups excluding carboxylic acids is 1. The van der Waals surface area contributed by atoms with Crippen LogP contribution in [0.2, 0.25) is 0 Å². The average molecular weight is 229 g/mol. The van der Waals surface area contributed by atoms with Crippen molar-refractivity contribution in [2.24, 2.45) is 7.05 Å². The lowest BCUT2D eigenvalue weighted by atomic mass is 9.92. The normalized spacial score (nSPS) is 12.8. The van der Waals surface area contributed by atoms with Gasteiger partial charge in [-0.05, 0) is 24.0 Å². The maximum absolute atomic E-state index is 10.8. The highest BCUT2D eigenvalue weighted by Gasteiger charge is 2.15. The van der Waals surface area contributed by atoms with Gasteiger partial charge in [0.25, 0.3) is 0 Å². The number of aldehydes is 1. The van der Waals surface area contributed by atoms with Crippen LogP contribution in [0, 0.1) is 0 Å². The number of benzene rings is 1. The Balaban J connectivity index is 2.48. The molecule has 17 heavy (non-hydrogen) atoms. The summed E-state index contributed by atoms with van der Waals surface area (Å²) < 4.78 is 2.15. The van der Waals surface area contributed by atoms with Crippen LogP contribution in [0.3, 0.4) is 0 Å². The highest BCUT2D eigenvalue weighted by atomic mass is 16.1. The molecule has 0 N–H and O–H groups in total. The van der Waals surface area contributed by atoms with E-state index in [9.17, 15) is 4.79 Å². The largest absolute Gasteiger partial charge is 0.350 e. The first-order chi connectivity index (χ1) is 8.27. The van der Waals surface area contributed by atoms with E-state index in [1.165, 1.54) is 16.5 Å². The zero-order valence-corrected chi connectivity index (χ0v) is 10.5. The molecule has 1 atom stereocenters. The van der Waals surface area contributed by atoms with Crippen LogP contribution in [0.1, 0.15) is 37.7 Å². The van der Waals surface area contributed by atoms with Gasteiger partial charge in [0.1, 0.15) is 6.29 Å². The molecule has 2 heteroatoms. The van der Waals surface area contributed by atoms with E-state index in [0.29, 0.717) is 12.3 Å². The Labute approximate surface area is 102 Å². The second kappa shape index (κ2) is 5.17. The Morgan fingerprint density at radius 1 is 1.35 bits per heavy atom. The lowest BCUT2D eigenvalue weighted by molar-refractivity contribution is -0.108. The smallest absolute Gasteiger partial charge is 0.120 e. The Morgan fingerprint density at radius 3 is 2.82 bits per heavy atom. The summed E-state index contributed by atoms with van der Waals surface area (Å²) in [4.78, 5) is 10.8. The van der Waals surface area contributed by atoms with E-state index in [-0.39, 0.29) is 0 Å². The number of hydrogen-bond acceptors (Lipinski definition) is 1. The van der Waals surface area contributed by atoms with Gasteiger partial charge in [-0.1, -0.05) is 31.5 Å². The van der Waals surface area contributed by atoms with Gasteiger partial charge in [0, 0.05) is 30.6 Å². The van der Waals surface area contributed by atoms with E-state index in [0.717, 1.165) is 19.1 Å². The van der Waals surface area contributed by atoms with E-state index >= 15 is 0 Å². The zero-order chi connectivity index (χ0) is 12.3. The lowest BCUT2D eigenvalue weighted by Gasteiger charge is -2.11. The van der Waals surface area contributed by atoms with Crippen molar-refractivity contribution in [1.29, 1.82) is 0 Å². The molecule has 0 saturated heterocycles. The summed E-state index contributed by atoms with van der Waals surface area (Å²) in [6.45, 7) is 2.17. The minimum atomic E-state index is 0.364. The van der Waals surface area contributed by atoms with Crippen molar-refractivity contribution < 1.29 is 4.79 Å². The molecule has 1 aromatic carbocycles. The molecular weight excluding hydrogens is 210 g/mol. The van der Waals surface area contributed by atoms with Crippen molar-refractivity contribution in [3.05, 3.63) is 36.0 Å². The first kappa shape index (κ1) is 11.9. The predicted octanol–water partition coefficient (Wildman–Crippen LogP) is 3.65. The Bertz CT molecular complexity index is 513. The second-order valence-electron chi connectivity index (χ2n) is 4.60. The number of nitrogens with zero attached hydrogens (tertiary/aromatic N) is 1. The van der Waals surface area contributed by atoms with Gasteiger partial charge < -0.3 is 9.36 Å². The Kier molecular flexibility index (Phi) is 3.62. The molecule has 0 bridgehead atoms. The van der Waals surface area contributed by atoms with Gasteiger partial charge in [-0.25, -0.2) is 0 Å². The van der Waals surface area contributed by atoms with E-state index in [2.05, 4.69) is 49.0 Å². The van der Waals surface area contributed by atoms with Crippen molar-refractivity contribution in [2.45, 2.75) is 32.1 Å². The second-order valence-corrected chi connectivity index (χ2v) is 4.60. The predicted molar refractivity (Wildman–Crippen MR) is 71.2 cm³/mol. The van der Waals surface area contributed by atoms with E-state index in [1.54, 1.807) is 0 Å². The number of aromatic nitrogens is 1. The number of fused-ring (bicyclic) bond motifs is 1. The summed E-state index contributed by atoms with van der Waals surface area (Å²) in [7, 11) is 2.07. The third kappa shape index (κ3) is 2.26. The van der Waals surface area contributed by atoms with Crippen molar-refractivity contribution in [3.63, 3.8) is 0 Å². The van der Waals surface area contributed by atoms with Crippen LogP contribution in [0.4, 0.5) is 0 Å². The highest BCUT2D eigenvalue weighted by molar-refractivity contribution is 5.84. The Morgan fingerprint density at radius 2 is 2.12 bits per heavy atom. The average Bonchev–Trinajstić information content (AvgIpc) is 2.67. The third-order valence-electron chi connectivity index (χ3n) is 3.39. The van der Waals surface area contributed by atoms with Crippen LogP contribution in [0.5, 0.6) is 0 Å². The molecule has 0 spiro atoms. The monoisotopic (exact) mass is 229 g/mol. The molecule has 0 aliphatic carbocycles. The molecule has 0 amide bonds. The molecule has 0 saturated carbocycles. The summed E-state index contributed by atoms with van der Waals surface area (Å²) in [6, 6.07) is 8.40. The molecular formula is C15H19NO. The van der Waals surface area contributed by atoms with Gasteiger partial charge in [0.05, 0.1) is 0 Å². The van der Waals surface area contributed by atoms with Crippen molar-refractivity contribution in [1.82, 2.24) is 4.57 Å². The Hall–Kier alpha value is -1.57. The van der Waals surface area contributed by atoms with Gasteiger partial charge in [-0.3, -0.25) is 0 Å². The fourth-order valence-electron chi connectivity index (χ4n) is 2.56. The van der Waals surface area contributed by atoms with Crippen LogP contribution in [-0.2, 0) is 11.8 Å². The maximum atomic E-state index is 10.8. The summed E-state index contributed by atoms with van der Waals surface area (Å²) in [5.41, 5.74) is 2.56. The van der Waals surface area contributed by atoms with E-state index in [1.807, 2.05) is 0 Å². The highest BCUT2D eigenvalue weighted by Crippen LogP contribution is 2.31. The van der Waals surface area contributed by atoms with Crippen LogP contribution in [0.15, 0.2) is 30.5 Å². The van der Waals surface area contributed by atoms with Crippen LogP contribution in [-0.4, -0.2) is 10.9 Å². The first-order valence-corrected chi connectivity index (χ1v) is 6.25. The number of hydrogen-bond donors (Lipinski definition) is 0. The van der Waals surface area contributed by atoms with Crippen molar-refractivity contribution in [3.8, 4) is 0 Å². The van der Waals surface area contributed by atoms with Gasteiger partial charge in [0.15, 0.2) is 0 Å². The lowest BCUT2D eigenvalue weighted by Crippen LogP contribution is -1.98. The number of para-hydroxylation sites is 1. The molecule has 0 aliphatic heterocycles. The summed E-state index contributed by atoms with van der Waals surface area (Å²) in [5.74, 6) is 0.364. The summed E-state index contributed by atoms with van der Waals surface area (Å²) in [5, 5.41) is 1.29. The fraction of sp³-hybridized carbons (Fsp3) is 0.400. The quantitative estimate of drug-likeness (QED) is 0.717. The molecule has 90 valence electrons. The van der Waals surface area contributed by atoms with Gasteiger partial charge >= 0.3 is 0 Å². The molecule has 0 unspecified atom stereocenters. The van der Waals surface area contributed by atoms with Gasteiger partial charge in [0.2, 0.25) is 0 Å². The van der Waals surface area contributed by atoms with Crippen molar-refractivity contribution in [2.75, 3.05) is 0 Å². The van der Waals surface area contributed by atoms with Crippen LogP contribution in [0.25, 0.3) is 10.9 Å². The molecule has 0 aliphatic rings. The maximum Gasteiger partial charge on any atom is 0.120 e. The molecule has 0 radical (unpaired) electrons. The van der Waals surface area contributed by atoms with Crippen molar-refractivity contribution >= 4 is 17.2 Å². The zero-order valence-electron chi connectivity index (χ0n) is 10.5. The SMILES string of the molecule is CCC[C@H](CC=O)c1cn(C)c2ccccc12. The molecule has 1 aromatic heterocycles. The number of carbonyl (C=O) groups is 1. The molecule has 2 nitrogen and oxygen atoms in total. The van der Waals surface area contributed by atoms with E-state index in [4.69, 9.17) is 0 Å². The summed E-state index contributed by atoms with van der Waals surface area (Å²) >= 11 is 0. The fourth-order valence-corrected chi connectivity index (χ4v) is 2.56.